The summed E-state index contributed by atoms with van der Waals surface area (Å²) in [6, 6.07) is -0.893. The number of ether oxygens (including phenoxy) is 5. The lowest BCUT2D eigenvalue weighted by molar-refractivity contribution is -0.299. The molecule has 5 N–H and O–H groups in total. The highest BCUT2D eigenvalue weighted by Gasteiger charge is 2.57. The molecule has 1 amide bonds. The van der Waals surface area contributed by atoms with Crippen molar-refractivity contribution in [3.8, 4) is 0 Å². The predicted octanol–water partition coefficient (Wildman–Crippen LogP) is 2.81. The molecule has 3 fully saturated rings. The third-order valence-corrected chi connectivity index (χ3v) is 10.4. The number of nitrogens with zero attached hydrogens (tertiary/aromatic N) is 1. The largest absolute Gasteiger partial charge is 0.459 e. The number of fused-ring (bicyclic) bond motifs is 2. The molecule has 3 rings (SSSR count). The van der Waals surface area contributed by atoms with E-state index in [0.717, 1.165) is 0 Å². The van der Waals surface area contributed by atoms with E-state index in [4.69, 9.17) is 29.4 Å². The fourth-order valence-electron chi connectivity index (χ4n) is 7.87. The maximum absolute atomic E-state index is 13.9. The van der Waals surface area contributed by atoms with Gasteiger partial charge in [0.15, 0.2) is 6.29 Å². The molecule has 12 heteroatoms. The summed E-state index contributed by atoms with van der Waals surface area (Å²) in [5, 5.41) is 26.4. The first-order chi connectivity index (χ1) is 20.7. The molecule has 45 heavy (non-hydrogen) atoms. The normalized spacial score (nSPS) is 46.6. The molecule has 3 heterocycles. The Balaban J connectivity index is 2.13. The number of rotatable bonds is 6. The van der Waals surface area contributed by atoms with E-state index < -0.39 is 71.8 Å². The van der Waals surface area contributed by atoms with Crippen molar-refractivity contribution < 1.29 is 43.5 Å². The molecular weight excluding hydrogens is 582 g/mol. The Morgan fingerprint density at radius 3 is 2.33 bits per heavy atom. The summed E-state index contributed by atoms with van der Waals surface area (Å²) in [6.45, 7) is 18.5. The van der Waals surface area contributed by atoms with Crippen LogP contribution in [0.2, 0.25) is 0 Å². The van der Waals surface area contributed by atoms with Crippen LogP contribution in [0.25, 0.3) is 0 Å². The van der Waals surface area contributed by atoms with E-state index in [1.165, 1.54) is 0 Å². The number of carbonyl (C=O) groups excluding carboxylic acids is 2. The lowest BCUT2D eigenvalue weighted by Crippen LogP contribution is -2.59. The molecule has 0 radical (unpaired) electrons. The Morgan fingerprint density at radius 2 is 1.78 bits per heavy atom. The Labute approximate surface area is 270 Å². The van der Waals surface area contributed by atoms with Crippen molar-refractivity contribution in [1.82, 2.24) is 10.2 Å². The Kier molecular flexibility index (Phi) is 12.4. The second-order valence-electron chi connectivity index (χ2n) is 15.0. The average Bonchev–Trinajstić information content (AvgIpc) is 3.17. The molecule has 0 aromatic heterocycles. The van der Waals surface area contributed by atoms with Gasteiger partial charge >= 0.3 is 12.1 Å². The minimum Gasteiger partial charge on any atom is -0.459 e. The van der Waals surface area contributed by atoms with Crippen LogP contribution in [0.1, 0.15) is 88.5 Å². The number of carbonyl (C=O) groups is 2. The SMILES string of the molecule is CC[C@H]1OC(=O)[C@H](C)[C@@H](OC(=O)NC(C)C)[C@H](C)[C@@H](O[C@@H]2O[C@H](C)C[C@H](N(C)C)[C@H]2O)[C@@](C)(O)C[C@@H](C)[C@@H]2OC1(C)[C@@H](N)[C@H]2C. The number of amides is 1. The highest BCUT2D eigenvalue weighted by molar-refractivity contribution is 5.74. The minimum atomic E-state index is -1.54. The summed E-state index contributed by atoms with van der Waals surface area (Å²) < 4.78 is 31.5. The van der Waals surface area contributed by atoms with Gasteiger partial charge in [-0.2, -0.15) is 0 Å². The van der Waals surface area contributed by atoms with Crippen molar-refractivity contribution in [3.05, 3.63) is 0 Å². The Bertz CT molecular complexity index is 1010. The first-order valence-corrected chi connectivity index (χ1v) is 16.7. The molecule has 0 spiro atoms. The predicted molar refractivity (Wildman–Crippen MR) is 169 cm³/mol. The van der Waals surface area contributed by atoms with Crippen molar-refractivity contribution in [2.45, 2.75) is 161 Å². The number of aliphatic hydroxyl groups is 2. The summed E-state index contributed by atoms with van der Waals surface area (Å²) in [5.74, 6) is -2.56. The first-order valence-electron chi connectivity index (χ1n) is 16.7. The topological polar surface area (TPSA) is 162 Å². The third-order valence-electron chi connectivity index (χ3n) is 10.4. The number of nitrogens with one attached hydrogen (secondary N) is 1. The van der Waals surface area contributed by atoms with E-state index in [1.807, 2.05) is 53.6 Å². The van der Waals surface area contributed by atoms with Crippen LogP contribution in [0.5, 0.6) is 0 Å². The Morgan fingerprint density at radius 1 is 1.16 bits per heavy atom. The maximum atomic E-state index is 13.9. The van der Waals surface area contributed by atoms with Crippen LogP contribution in [0.4, 0.5) is 4.79 Å². The van der Waals surface area contributed by atoms with Gasteiger partial charge in [-0.15, -0.1) is 0 Å². The van der Waals surface area contributed by atoms with Gasteiger partial charge in [0.2, 0.25) is 0 Å². The molecule has 0 aromatic carbocycles. The molecule has 3 aliphatic heterocycles. The second-order valence-corrected chi connectivity index (χ2v) is 15.0. The Hall–Kier alpha value is -1.54. The van der Waals surface area contributed by atoms with E-state index in [-0.39, 0.29) is 42.5 Å². The van der Waals surface area contributed by atoms with Gasteiger partial charge in [0, 0.05) is 30.0 Å². The highest BCUT2D eigenvalue weighted by atomic mass is 16.7. The van der Waals surface area contributed by atoms with Crippen molar-refractivity contribution >= 4 is 12.1 Å². The molecule has 12 nitrogen and oxygen atoms in total. The fraction of sp³-hybridized carbons (Fsp3) is 0.939. The number of nitrogens with two attached hydrogens (primary N) is 1. The number of hydrogen-bond acceptors (Lipinski definition) is 11. The zero-order chi connectivity index (χ0) is 34.2. The van der Waals surface area contributed by atoms with Gasteiger partial charge in [0.25, 0.3) is 0 Å². The van der Waals surface area contributed by atoms with Crippen molar-refractivity contribution in [3.63, 3.8) is 0 Å². The van der Waals surface area contributed by atoms with Gasteiger partial charge < -0.3 is 49.8 Å². The van der Waals surface area contributed by atoms with Crippen molar-refractivity contribution in [2.24, 2.45) is 29.4 Å². The van der Waals surface area contributed by atoms with Gasteiger partial charge in [0.1, 0.15) is 23.9 Å². The van der Waals surface area contributed by atoms with Crippen LogP contribution in [-0.2, 0) is 28.5 Å². The molecule has 0 aromatic rings. The molecule has 15 atom stereocenters. The zero-order valence-electron chi connectivity index (χ0n) is 29.5. The number of hydrogen-bond donors (Lipinski definition) is 4. The molecule has 3 aliphatic rings. The summed E-state index contributed by atoms with van der Waals surface area (Å²) in [7, 11) is 3.77. The third kappa shape index (κ3) is 8.13. The highest BCUT2D eigenvalue weighted by Crippen LogP contribution is 2.45. The molecule has 3 saturated heterocycles. The zero-order valence-corrected chi connectivity index (χ0v) is 29.5. The average molecular weight is 644 g/mol. The van der Waals surface area contributed by atoms with Crippen molar-refractivity contribution in [2.75, 3.05) is 14.1 Å². The standard InChI is InChI=1S/C33H61N3O9/c1-13-23-33(10)27(34)19(6)25(45-33)17(4)15-32(9,40)28(44-30-24(37)22(36(11)12)14-18(5)41-30)20(7)26(21(8)29(38)42-23)43-31(39)35-16(2)3/h16-28,30,37,40H,13-15,34H2,1-12H3,(H,35,39)/t17-,18-,19+,20+,21-,22+,23-,24-,25+,26+,27+,28-,30+,32+,33?/m1/s1. The minimum absolute atomic E-state index is 0.0910. The maximum Gasteiger partial charge on any atom is 0.407 e. The number of aliphatic hydroxyl groups excluding tert-OH is 1. The van der Waals surface area contributed by atoms with E-state index in [1.54, 1.807) is 34.6 Å². The lowest BCUT2D eigenvalue weighted by atomic mass is 9.75. The van der Waals surface area contributed by atoms with Gasteiger partial charge in [0.05, 0.1) is 29.8 Å². The number of cyclic esters (lactones) is 1. The lowest BCUT2D eigenvalue weighted by Gasteiger charge is -2.47. The summed E-state index contributed by atoms with van der Waals surface area (Å²) >= 11 is 0. The summed E-state index contributed by atoms with van der Waals surface area (Å²) in [4.78, 5) is 28.8. The molecular formula is C33H61N3O9. The number of alkyl carbamates (subject to hydrolysis) is 1. The smallest absolute Gasteiger partial charge is 0.407 e. The number of esters is 1. The van der Waals surface area contributed by atoms with Gasteiger partial charge in [-0.1, -0.05) is 27.7 Å². The molecule has 0 aliphatic carbocycles. The van der Waals surface area contributed by atoms with Gasteiger partial charge in [-0.3, -0.25) is 4.79 Å². The summed E-state index contributed by atoms with van der Waals surface area (Å²) in [6.07, 6.45) is -4.82. The molecule has 2 bridgehead atoms. The molecule has 1 unspecified atom stereocenters. The van der Waals surface area contributed by atoms with E-state index in [0.29, 0.717) is 12.8 Å². The van der Waals surface area contributed by atoms with Crippen molar-refractivity contribution in [1.29, 1.82) is 0 Å². The fourth-order valence-corrected chi connectivity index (χ4v) is 7.87. The van der Waals surface area contributed by atoms with Crippen LogP contribution >= 0.6 is 0 Å². The van der Waals surface area contributed by atoms with E-state index in [2.05, 4.69) is 5.32 Å². The molecule has 0 saturated carbocycles. The summed E-state index contributed by atoms with van der Waals surface area (Å²) in [5.41, 5.74) is 4.27. The quantitative estimate of drug-likeness (QED) is 0.315. The van der Waals surface area contributed by atoms with E-state index in [9.17, 15) is 19.8 Å². The van der Waals surface area contributed by atoms with Crippen LogP contribution in [0.15, 0.2) is 0 Å². The van der Waals surface area contributed by atoms with Crippen LogP contribution in [0, 0.1) is 23.7 Å². The van der Waals surface area contributed by atoms with Gasteiger partial charge in [-0.05, 0) is 80.8 Å². The second kappa shape index (κ2) is 14.7. The number of likely N-dealkylation sites (N-methyl/N-ethyl adjacent to an activating group) is 1. The van der Waals surface area contributed by atoms with Crippen LogP contribution in [-0.4, -0.2) is 114 Å². The van der Waals surface area contributed by atoms with Gasteiger partial charge in [-0.25, -0.2) is 4.79 Å². The molecule has 262 valence electrons. The first kappa shape index (κ1) is 37.9. The van der Waals surface area contributed by atoms with E-state index >= 15 is 0 Å². The van der Waals surface area contributed by atoms with Crippen LogP contribution in [0.3, 0.4) is 0 Å². The monoisotopic (exact) mass is 643 g/mol. The van der Waals surface area contributed by atoms with Crippen LogP contribution < -0.4 is 11.1 Å².